The molecule has 0 spiro atoms. The van der Waals surface area contributed by atoms with Crippen molar-refractivity contribution in [3.05, 3.63) is 0 Å². The van der Waals surface area contributed by atoms with Gasteiger partial charge in [-0.15, -0.1) is 0 Å². The molecule has 1 rings (SSSR count). The average molecular weight is 170 g/mol. The molecule has 12 heavy (non-hydrogen) atoms. The summed E-state index contributed by atoms with van der Waals surface area (Å²) < 4.78 is 0. The Morgan fingerprint density at radius 3 is 3.08 bits per heavy atom. The largest absolute Gasteiger partial charge is 0.370 e. The van der Waals surface area contributed by atoms with E-state index < -0.39 is 0 Å². The van der Waals surface area contributed by atoms with Crippen LogP contribution < -0.4 is 11.1 Å². The fourth-order valence-electron chi connectivity index (χ4n) is 1.22. The van der Waals surface area contributed by atoms with E-state index >= 15 is 0 Å². The molecule has 0 bridgehead atoms. The number of nitrogens with two attached hydrogens (primary N) is 1. The van der Waals surface area contributed by atoms with Gasteiger partial charge >= 0.3 is 0 Å². The Hall–Kier alpha value is -1.26. The number of amides is 1. The van der Waals surface area contributed by atoms with Crippen LogP contribution in [-0.4, -0.2) is 42.9 Å². The number of hydrogen-bond donors (Lipinski definition) is 2. The van der Waals surface area contributed by atoms with E-state index in [2.05, 4.69) is 10.3 Å². The molecular formula is C7H14N4O. The highest BCUT2D eigenvalue weighted by atomic mass is 16.2. The summed E-state index contributed by atoms with van der Waals surface area (Å²) in [6.07, 6.45) is 0. The van der Waals surface area contributed by atoms with Gasteiger partial charge in [0.05, 0.1) is 0 Å². The van der Waals surface area contributed by atoms with Gasteiger partial charge in [-0.05, 0) is 6.92 Å². The molecule has 68 valence electrons. The van der Waals surface area contributed by atoms with E-state index in [-0.39, 0.29) is 11.9 Å². The lowest BCUT2D eigenvalue weighted by Crippen LogP contribution is -2.57. The molecule has 1 aliphatic rings. The summed E-state index contributed by atoms with van der Waals surface area (Å²) >= 11 is 0. The highest BCUT2D eigenvalue weighted by molar-refractivity contribution is 5.89. The summed E-state index contributed by atoms with van der Waals surface area (Å²) in [5.41, 5.74) is 5.60. The Kier molecular flexibility index (Phi) is 2.52. The minimum Gasteiger partial charge on any atom is -0.370 e. The number of nitrogens with one attached hydrogen (secondary N) is 1. The maximum absolute atomic E-state index is 11.2. The fourth-order valence-corrected chi connectivity index (χ4v) is 1.22. The third-order valence-corrected chi connectivity index (χ3v) is 2.02. The van der Waals surface area contributed by atoms with E-state index in [9.17, 15) is 4.79 Å². The summed E-state index contributed by atoms with van der Waals surface area (Å²) in [5.74, 6) is 0.435. The number of aliphatic imine (C=N–C) groups is 1. The van der Waals surface area contributed by atoms with Crippen LogP contribution in [0.1, 0.15) is 6.92 Å². The maximum Gasteiger partial charge on any atom is 0.242 e. The molecule has 1 fully saturated rings. The molecule has 1 atom stereocenters. The number of carbonyl (C=O) groups is 1. The van der Waals surface area contributed by atoms with Crippen LogP contribution in [0, 0.1) is 0 Å². The SMILES string of the molecule is CN=C(N)N1CCNC(=O)C1C. The second-order valence-corrected chi connectivity index (χ2v) is 2.74. The zero-order valence-electron chi connectivity index (χ0n) is 7.37. The Morgan fingerprint density at radius 1 is 1.83 bits per heavy atom. The topological polar surface area (TPSA) is 70.7 Å². The Balaban J connectivity index is 2.70. The molecule has 0 aliphatic carbocycles. The summed E-state index contributed by atoms with van der Waals surface area (Å²) in [6.45, 7) is 3.18. The molecule has 1 aliphatic heterocycles. The predicted molar refractivity (Wildman–Crippen MR) is 46.7 cm³/mol. The average Bonchev–Trinajstić information content (AvgIpc) is 2.08. The second kappa shape index (κ2) is 3.42. The van der Waals surface area contributed by atoms with Crippen LogP contribution in [0.15, 0.2) is 4.99 Å². The van der Waals surface area contributed by atoms with Crippen LogP contribution in [0.25, 0.3) is 0 Å². The van der Waals surface area contributed by atoms with Crippen LogP contribution in [0.4, 0.5) is 0 Å². The number of carbonyl (C=O) groups excluding carboxylic acids is 1. The molecule has 0 aromatic rings. The second-order valence-electron chi connectivity index (χ2n) is 2.74. The lowest BCUT2D eigenvalue weighted by atomic mass is 10.2. The Morgan fingerprint density at radius 2 is 2.50 bits per heavy atom. The third-order valence-electron chi connectivity index (χ3n) is 2.02. The minimum absolute atomic E-state index is 0.00727. The van der Waals surface area contributed by atoms with Crippen LogP contribution in [0.3, 0.4) is 0 Å². The molecule has 1 heterocycles. The van der Waals surface area contributed by atoms with Crippen LogP contribution >= 0.6 is 0 Å². The van der Waals surface area contributed by atoms with Crippen molar-refractivity contribution in [1.29, 1.82) is 0 Å². The van der Waals surface area contributed by atoms with Crippen molar-refractivity contribution in [1.82, 2.24) is 10.2 Å². The molecule has 3 N–H and O–H groups in total. The molecule has 0 aromatic heterocycles. The smallest absolute Gasteiger partial charge is 0.242 e. The van der Waals surface area contributed by atoms with Gasteiger partial charge in [0, 0.05) is 20.1 Å². The maximum atomic E-state index is 11.2. The van der Waals surface area contributed by atoms with Gasteiger partial charge in [0.15, 0.2) is 5.96 Å². The lowest BCUT2D eigenvalue weighted by Gasteiger charge is -2.33. The van der Waals surface area contributed by atoms with Crippen molar-refractivity contribution in [2.24, 2.45) is 10.7 Å². The molecule has 0 aromatic carbocycles. The molecule has 1 unspecified atom stereocenters. The van der Waals surface area contributed by atoms with Crippen molar-refractivity contribution >= 4 is 11.9 Å². The Labute approximate surface area is 71.6 Å². The molecule has 1 saturated heterocycles. The quantitative estimate of drug-likeness (QED) is 0.352. The van der Waals surface area contributed by atoms with E-state index in [1.807, 2.05) is 6.92 Å². The van der Waals surface area contributed by atoms with Gasteiger partial charge in [0.1, 0.15) is 6.04 Å². The van der Waals surface area contributed by atoms with E-state index in [4.69, 9.17) is 5.73 Å². The first-order valence-corrected chi connectivity index (χ1v) is 3.93. The van der Waals surface area contributed by atoms with Crippen molar-refractivity contribution < 1.29 is 4.79 Å². The molecule has 0 saturated carbocycles. The van der Waals surface area contributed by atoms with Gasteiger partial charge < -0.3 is 16.0 Å². The summed E-state index contributed by atoms with van der Waals surface area (Å²) in [4.78, 5) is 16.8. The van der Waals surface area contributed by atoms with Gasteiger partial charge in [-0.1, -0.05) is 0 Å². The van der Waals surface area contributed by atoms with Gasteiger partial charge in [-0.25, -0.2) is 0 Å². The minimum atomic E-state index is -0.206. The van der Waals surface area contributed by atoms with E-state index in [0.29, 0.717) is 12.5 Å². The first kappa shape index (κ1) is 8.83. The first-order valence-electron chi connectivity index (χ1n) is 3.93. The highest BCUT2D eigenvalue weighted by Crippen LogP contribution is 2.02. The molecular weight excluding hydrogens is 156 g/mol. The van der Waals surface area contributed by atoms with Gasteiger partial charge in [0.25, 0.3) is 0 Å². The molecule has 5 heteroatoms. The number of rotatable bonds is 0. The lowest BCUT2D eigenvalue weighted by molar-refractivity contribution is -0.126. The van der Waals surface area contributed by atoms with E-state index in [1.54, 1.807) is 11.9 Å². The Bertz CT molecular complexity index is 213. The normalized spacial score (nSPS) is 25.5. The molecule has 5 nitrogen and oxygen atoms in total. The highest BCUT2D eigenvalue weighted by Gasteiger charge is 2.26. The van der Waals surface area contributed by atoms with E-state index in [0.717, 1.165) is 6.54 Å². The van der Waals surface area contributed by atoms with Crippen molar-refractivity contribution in [3.8, 4) is 0 Å². The third kappa shape index (κ3) is 1.49. The van der Waals surface area contributed by atoms with Crippen LogP contribution in [0.5, 0.6) is 0 Å². The van der Waals surface area contributed by atoms with Gasteiger partial charge in [-0.2, -0.15) is 0 Å². The fraction of sp³-hybridized carbons (Fsp3) is 0.714. The summed E-state index contributed by atoms with van der Waals surface area (Å²) in [7, 11) is 1.62. The van der Waals surface area contributed by atoms with Crippen molar-refractivity contribution in [2.45, 2.75) is 13.0 Å². The molecule has 0 radical (unpaired) electrons. The van der Waals surface area contributed by atoms with Crippen LogP contribution in [-0.2, 0) is 4.79 Å². The van der Waals surface area contributed by atoms with Crippen molar-refractivity contribution in [2.75, 3.05) is 20.1 Å². The van der Waals surface area contributed by atoms with Gasteiger partial charge in [0.2, 0.25) is 5.91 Å². The molecule has 1 amide bonds. The number of hydrogen-bond acceptors (Lipinski definition) is 2. The summed E-state index contributed by atoms with van der Waals surface area (Å²) in [5, 5.41) is 2.75. The number of piperazine rings is 1. The zero-order chi connectivity index (χ0) is 9.14. The zero-order valence-corrected chi connectivity index (χ0v) is 7.37. The summed E-state index contributed by atoms with van der Waals surface area (Å²) in [6, 6.07) is -0.206. The van der Waals surface area contributed by atoms with Gasteiger partial charge in [-0.3, -0.25) is 9.79 Å². The number of nitrogens with zero attached hydrogens (tertiary/aromatic N) is 2. The van der Waals surface area contributed by atoms with Crippen LogP contribution in [0.2, 0.25) is 0 Å². The monoisotopic (exact) mass is 170 g/mol. The van der Waals surface area contributed by atoms with Crippen molar-refractivity contribution in [3.63, 3.8) is 0 Å². The standard InChI is InChI=1S/C7H14N4O/c1-5-6(12)10-3-4-11(5)7(8)9-2/h5H,3-4H2,1-2H3,(H2,8,9)(H,10,12). The number of guanidine groups is 1. The first-order chi connectivity index (χ1) is 5.66. The van der Waals surface area contributed by atoms with E-state index in [1.165, 1.54) is 0 Å². The predicted octanol–water partition coefficient (Wildman–Crippen LogP) is -1.25.